The molecule has 3 heterocycles. The van der Waals surface area contributed by atoms with Crippen LogP contribution in [0.2, 0.25) is 0 Å². The zero-order valence-electron chi connectivity index (χ0n) is 23.5. The van der Waals surface area contributed by atoms with Gasteiger partial charge in [-0.25, -0.2) is 0 Å². The summed E-state index contributed by atoms with van der Waals surface area (Å²) < 4.78 is 17.4. The maximum absolute atomic E-state index is 14.3. The highest BCUT2D eigenvalue weighted by Crippen LogP contribution is 2.53. The number of hydrogen-bond donors (Lipinski definition) is 0. The molecule has 9 rings (SSSR count). The van der Waals surface area contributed by atoms with E-state index >= 15 is 0 Å². The topological polar surface area (TPSA) is 116 Å². The van der Waals surface area contributed by atoms with Crippen molar-refractivity contribution in [1.29, 1.82) is 0 Å². The number of benzene rings is 3. The summed E-state index contributed by atoms with van der Waals surface area (Å²) in [6.07, 6.45) is 0. The number of hydrogen-bond acceptors (Lipinski definition) is 9. The number of carbonyl (C=O) groups excluding carboxylic acids is 3. The Balaban J connectivity index is 1.36. The number of aliphatic imine (C=N–C) groups is 3. The fraction of sp³-hybridized carbons (Fsp3) is 0.206. The molecule has 3 aromatic rings. The number of carbonyl (C=O) groups is 3. The van der Waals surface area contributed by atoms with Gasteiger partial charge in [0.25, 0.3) is 0 Å². The van der Waals surface area contributed by atoms with Crippen molar-refractivity contribution in [3.63, 3.8) is 0 Å². The highest BCUT2D eigenvalue weighted by atomic mass is 16.5. The monoisotopic (exact) mass is 568 g/mol. The van der Waals surface area contributed by atoms with Crippen molar-refractivity contribution in [3.05, 3.63) is 121 Å². The quantitative estimate of drug-likeness (QED) is 0.291. The van der Waals surface area contributed by atoms with E-state index < -0.39 is 5.92 Å². The third-order valence-electron chi connectivity index (χ3n) is 8.75. The summed E-state index contributed by atoms with van der Waals surface area (Å²) in [6, 6.07) is 13.0. The summed E-state index contributed by atoms with van der Waals surface area (Å²) in [7, 11) is 0. The first-order valence-corrected chi connectivity index (χ1v) is 14.1. The van der Waals surface area contributed by atoms with E-state index in [1.54, 1.807) is 36.4 Å². The molecule has 3 aromatic carbocycles. The number of ether oxygens (including phenoxy) is 3. The van der Waals surface area contributed by atoms with E-state index in [4.69, 9.17) is 14.2 Å². The summed E-state index contributed by atoms with van der Waals surface area (Å²) in [5.41, 5.74) is 5.93. The number of rotatable bonds is 3. The molecule has 0 N–H and O–H groups in total. The molecular weight excluding hydrogens is 546 g/mol. The molecule has 0 fully saturated rings. The predicted octanol–water partition coefficient (Wildman–Crippen LogP) is 4.49. The normalized spacial score (nSPS) is 19.2. The maximum Gasteiger partial charge on any atom is 0.193 e. The maximum atomic E-state index is 14.3. The van der Waals surface area contributed by atoms with E-state index in [0.717, 1.165) is 18.1 Å². The Kier molecular flexibility index (Phi) is 4.61. The average molecular weight is 569 g/mol. The molecule has 43 heavy (non-hydrogen) atoms. The highest BCUT2D eigenvalue weighted by Gasteiger charge is 2.47. The van der Waals surface area contributed by atoms with Crippen molar-refractivity contribution in [1.82, 2.24) is 0 Å². The first-order chi connectivity index (χ1) is 20.8. The van der Waals surface area contributed by atoms with Gasteiger partial charge in [0.05, 0.1) is 17.7 Å². The molecule has 3 aliphatic heterocycles. The molecule has 0 amide bonds. The summed E-state index contributed by atoms with van der Waals surface area (Å²) in [5.74, 6) is -0.174. The highest BCUT2D eigenvalue weighted by molar-refractivity contribution is 6.27. The molecule has 0 unspecified atom stereocenters. The van der Waals surface area contributed by atoms with Crippen molar-refractivity contribution in [2.24, 2.45) is 15.0 Å². The molecule has 0 saturated heterocycles. The van der Waals surface area contributed by atoms with Gasteiger partial charge in [0.15, 0.2) is 17.3 Å². The van der Waals surface area contributed by atoms with Crippen LogP contribution in [0.4, 0.5) is 0 Å². The summed E-state index contributed by atoms with van der Waals surface area (Å²) in [5, 5.41) is 0. The van der Waals surface area contributed by atoms with Crippen LogP contribution in [-0.2, 0) is 14.2 Å². The second kappa shape index (κ2) is 8.16. The van der Waals surface area contributed by atoms with Crippen LogP contribution < -0.4 is 0 Å². The molecule has 0 aromatic heterocycles. The summed E-state index contributed by atoms with van der Waals surface area (Å²) >= 11 is 0. The van der Waals surface area contributed by atoms with Crippen LogP contribution in [0.25, 0.3) is 0 Å². The number of nitrogens with zero attached hydrogens (tertiary/aromatic N) is 3. The SMILES string of the molecule is C[C-]1COC(c2cc3c4c(c2)C(=O)c2cc(C5=N[C-](C)CO5)cc5c2C4c2c(cc(C4=N[C-](C)CO4)cc2C5=O)C3=O)=N1. The van der Waals surface area contributed by atoms with Gasteiger partial charge >= 0.3 is 0 Å². The van der Waals surface area contributed by atoms with Crippen LogP contribution in [0, 0.1) is 18.1 Å². The van der Waals surface area contributed by atoms with Crippen molar-refractivity contribution in [2.45, 2.75) is 26.7 Å². The Bertz CT molecular complexity index is 1690. The van der Waals surface area contributed by atoms with Gasteiger partial charge in [-0.3, -0.25) is 14.4 Å². The number of ketones is 3. The lowest BCUT2D eigenvalue weighted by Gasteiger charge is -2.40. The van der Waals surface area contributed by atoms with E-state index in [-0.39, 0.29) is 17.3 Å². The van der Waals surface area contributed by atoms with E-state index in [0.29, 0.717) is 104 Å². The van der Waals surface area contributed by atoms with Crippen LogP contribution in [-0.4, -0.2) is 54.9 Å². The van der Waals surface area contributed by atoms with Crippen molar-refractivity contribution < 1.29 is 28.6 Å². The molecule has 0 atom stereocenters. The minimum absolute atomic E-state index is 0.269. The molecule has 0 spiro atoms. The first-order valence-electron chi connectivity index (χ1n) is 14.1. The van der Waals surface area contributed by atoms with E-state index in [2.05, 4.69) is 15.0 Å². The van der Waals surface area contributed by atoms with Crippen LogP contribution in [0.15, 0.2) is 51.4 Å². The summed E-state index contributed by atoms with van der Waals surface area (Å²) in [6.45, 7) is 6.62. The zero-order valence-corrected chi connectivity index (χ0v) is 23.5. The third kappa shape index (κ3) is 3.19. The molecule has 0 saturated carbocycles. The Labute approximate surface area is 246 Å². The lowest BCUT2D eigenvalue weighted by atomic mass is 9.61. The second-order valence-electron chi connectivity index (χ2n) is 11.7. The van der Waals surface area contributed by atoms with Crippen molar-refractivity contribution in [2.75, 3.05) is 19.8 Å². The molecule has 0 bridgehead atoms. The van der Waals surface area contributed by atoms with E-state index in [9.17, 15) is 14.4 Å². The van der Waals surface area contributed by atoms with Gasteiger partial charge in [-0.05, 0) is 33.4 Å². The standard InChI is InChI=1S/C34H22N3O6/c1-13-10-41-32(35-13)16-4-19-25-20(5-16)30(39)22-7-18(34-37-15(3)12-43-34)9-24-27(22)28(25)26-21(29(19)38)6-17(8-23(26)31(24)40)33-36-14(2)11-42-33/h4-9,28H,10-12H2,1-3H3/q-3. The van der Waals surface area contributed by atoms with Gasteiger partial charge in [0.2, 0.25) is 0 Å². The van der Waals surface area contributed by atoms with Gasteiger partial charge in [-0.2, -0.15) is 0 Å². The zero-order chi connectivity index (χ0) is 29.3. The van der Waals surface area contributed by atoms with Gasteiger partial charge in [-0.15, -0.1) is 0 Å². The lowest BCUT2D eigenvalue weighted by Crippen LogP contribution is -2.35. The molecule has 0 radical (unpaired) electrons. The lowest BCUT2D eigenvalue weighted by molar-refractivity contribution is 0.102. The van der Waals surface area contributed by atoms with Gasteiger partial charge in [-0.1, -0.05) is 75.3 Å². The van der Waals surface area contributed by atoms with Crippen LogP contribution in [0.3, 0.4) is 0 Å². The van der Waals surface area contributed by atoms with Crippen LogP contribution >= 0.6 is 0 Å². The smallest absolute Gasteiger partial charge is 0.193 e. The Hall–Kier alpha value is -5.31. The Morgan fingerprint density at radius 3 is 0.977 bits per heavy atom. The van der Waals surface area contributed by atoms with Crippen molar-refractivity contribution >= 4 is 35.0 Å². The minimum atomic E-state index is -0.482. The predicted molar refractivity (Wildman–Crippen MR) is 155 cm³/mol. The van der Waals surface area contributed by atoms with Crippen LogP contribution in [0.5, 0.6) is 0 Å². The van der Waals surface area contributed by atoms with E-state index in [1.807, 2.05) is 20.8 Å². The third-order valence-corrected chi connectivity index (χ3v) is 8.75. The first kappa shape index (κ1) is 24.3. The van der Waals surface area contributed by atoms with Gasteiger partial charge < -0.3 is 29.2 Å². The van der Waals surface area contributed by atoms with Crippen LogP contribution in [0.1, 0.15) is 108 Å². The average Bonchev–Trinajstić information content (AvgIpc) is 3.76. The molecular formula is C34H22N3O6-3. The van der Waals surface area contributed by atoms with Gasteiger partial charge in [0.1, 0.15) is 0 Å². The Morgan fingerprint density at radius 2 is 0.767 bits per heavy atom. The van der Waals surface area contributed by atoms with Gasteiger partial charge in [0, 0.05) is 59.1 Å². The minimum Gasteiger partial charge on any atom is -0.573 e. The summed E-state index contributed by atoms with van der Waals surface area (Å²) in [4.78, 5) is 56.6. The van der Waals surface area contributed by atoms with Crippen molar-refractivity contribution in [3.8, 4) is 0 Å². The Morgan fingerprint density at radius 1 is 0.512 bits per heavy atom. The second-order valence-corrected chi connectivity index (χ2v) is 11.7. The fourth-order valence-electron chi connectivity index (χ4n) is 6.93. The molecule has 6 aliphatic rings. The molecule has 9 heteroatoms. The largest absolute Gasteiger partial charge is 0.573 e. The molecule has 3 aliphatic carbocycles. The molecule has 212 valence electrons. The fourth-order valence-corrected chi connectivity index (χ4v) is 6.93. The van der Waals surface area contributed by atoms with E-state index in [1.165, 1.54) is 0 Å². The molecule has 9 nitrogen and oxygen atoms in total.